The normalized spacial score (nSPS) is 11.6. The lowest BCUT2D eigenvalue weighted by molar-refractivity contribution is -0.137. The average Bonchev–Trinajstić information content (AvgIpc) is 3.56. The second-order valence-corrected chi connectivity index (χ2v) is 13.6. The van der Waals surface area contributed by atoms with Crippen molar-refractivity contribution in [2.45, 2.75) is 13.1 Å². The van der Waals surface area contributed by atoms with E-state index in [0.717, 1.165) is 55.7 Å². The lowest BCUT2D eigenvalue weighted by Crippen LogP contribution is -2.06. The van der Waals surface area contributed by atoms with Crippen LogP contribution < -0.4 is 0 Å². The van der Waals surface area contributed by atoms with E-state index >= 15 is 0 Å². The van der Waals surface area contributed by atoms with E-state index in [-0.39, 0.29) is 0 Å². The van der Waals surface area contributed by atoms with Crippen molar-refractivity contribution in [3.8, 4) is 62.1 Å². The van der Waals surface area contributed by atoms with E-state index in [9.17, 15) is 13.2 Å². The second-order valence-electron chi connectivity index (χ2n) is 13.6. The van der Waals surface area contributed by atoms with Gasteiger partial charge in [-0.15, -0.1) is 0 Å². The highest BCUT2D eigenvalue weighted by Gasteiger charge is 2.31. The average molecular weight is 734 g/mol. The molecule has 0 aliphatic heterocycles. The first kappa shape index (κ1) is 34.4. The third-order valence-corrected chi connectivity index (χ3v) is 9.91. The molecule has 0 N–H and O–H groups in total. The van der Waals surface area contributed by atoms with Crippen molar-refractivity contribution < 1.29 is 13.2 Å². The van der Waals surface area contributed by atoms with Gasteiger partial charge in [-0.05, 0) is 65.9 Å². The summed E-state index contributed by atoms with van der Waals surface area (Å²) in [6.45, 7) is 9.75. The Kier molecular flexibility index (Phi) is 8.48. The summed E-state index contributed by atoms with van der Waals surface area (Å²) in [6.07, 6.45) is -4.57. The zero-order chi connectivity index (χ0) is 38.4. The fourth-order valence-corrected chi connectivity index (χ4v) is 7.33. The van der Waals surface area contributed by atoms with Crippen LogP contribution in [0.4, 0.5) is 18.9 Å². The van der Waals surface area contributed by atoms with Gasteiger partial charge in [-0.3, -0.25) is 0 Å². The first-order valence-corrected chi connectivity index (χ1v) is 18.0. The highest BCUT2D eigenvalue weighted by atomic mass is 19.4. The van der Waals surface area contributed by atoms with Crippen LogP contribution in [0.15, 0.2) is 164 Å². The van der Waals surface area contributed by atoms with Crippen molar-refractivity contribution in [1.29, 1.82) is 0 Å². The molecule has 9 rings (SSSR count). The van der Waals surface area contributed by atoms with E-state index in [1.807, 2.05) is 134 Å². The molecule has 0 saturated carbocycles. The van der Waals surface area contributed by atoms with Crippen LogP contribution in [0, 0.1) is 13.5 Å². The Morgan fingerprint density at radius 2 is 1.04 bits per heavy atom. The van der Waals surface area contributed by atoms with Crippen LogP contribution in [0.3, 0.4) is 0 Å². The van der Waals surface area contributed by atoms with Gasteiger partial charge >= 0.3 is 6.18 Å². The number of para-hydroxylation sites is 1. The minimum absolute atomic E-state index is 0.370. The number of hydrogen-bond donors (Lipinski definition) is 0. The number of benzene rings is 7. The molecule has 0 saturated heterocycles. The molecule has 2 heterocycles. The number of halogens is 3. The minimum Gasteiger partial charge on any atom is -0.308 e. The zero-order valence-corrected chi connectivity index (χ0v) is 30.0. The van der Waals surface area contributed by atoms with Gasteiger partial charge < -0.3 is 4.57 Å². The van der Waals surface area contributed by atoms with Gasteiger partial charge in [-0.25, -0.2) is 19.8 Å². The molecule has 268 valence electrons. The molecule has 5 nitrogen and oxygen atoms in total. The van der Waals surface area contributed by atoms with Crippen molar-refractivity contribution in [3.63, 3.8) is 0 Å². The predicted octanol–water partition coefficient (Wildman–Crippen LogP) is 13.2. The van der Waals surface area contributed by atoms with Crippen LogP contribution in [0.5, 0.6) is 0 Å². The molecule has 56 heavy (non-hydrogen) atoms. The van der Waals surface area contributed by atoms with Crippen LogP contribution in [-0.4, -0.2) is 19.5 Å². The fourth-order valence-electron chi connectivity index (χ4n) is 7.33. The maximum Gasteiger partial charge on any atom is 0.416 e. The monoisotopic (exact) mass is 733 g/mol. The molecule has 0 radical (unpaired) electrons. The molecule has 0 fully saturated rings. The summed E-state index contributed by atoms with van der Waals surface area (Å²) >= 11 is 0. The zero-order valence-electron chi connectivity index (χ0n) is 30.0. The third-order valence-electron chi connectivity index (χ3n) is 9.91. The summed E-state index contributed by atoms with van der Waals surface area (Å²) in [4.78, 5) is 18.6. The molecule has 9 aromatic rings. The molecule has 0 unspecified atom stereocenters. The van der Waals surface area contributed by atoms with Crippen molar-refractivity contribution in [3.05, 3.63) is 186 Å². The van der Waals surface area contributed by atoms with E-state index in [0.29, 0.717) is 45.5 Å². The van der Waals surface area contributed by atoms with Gasteiger partial charge in [0, 0.05) is 33.2 Å². The Hall–Kier alpha value is -7.37. The summed E-state index contributed by atoms with van der Waals surface area (Å²) in [6, 6.07) is 50.1. The number of nitrogens with zero attached hydrogens (tertiary/aromatic N) is 5. The molecule has 7 aromatic carbocycles. The molecule has 0 spiro atoms. The lowest BCUT2D eigenvalue weighted by atomic mass is 9.91. The van der Waals surface area contributed by atoms with Crippen LogP contribution in [0.1, 0.15) is 11.1 Å². The molecule has 0 aliphatic carbocycles. The molecular formula is C48H30F3N5. The van der Waals surface area contributed by atoms with Crippen molar-refractivity contribution in [2.75, 3.05) is 0 Å². The highest BCUT2D eigenvalue weighted by molar-refractivity contribution is 6.11. The number of aryl methyl sites for hydroxylation is 1. The van der Waals surface area contributed by atoms with E-state index in [2.05, 4.69) is 15.5 Å². The van der Waals surface area contributed by atoms with Gasteiger partial charge in [0.1, 0.15) is 0 Å². The summed E-state index contributed by atoms with van der Waals surface area (Å²) in [7, 11) is 0. The van der Waals surface area contributed by atoms with E-state index in [1.54, 1.807) is 12.1 Å². The van der Waals surface area contributed by atoms with E-state index in [4.69, 9.17) is 21.5 Å². The number of alkyl halides is 3. The minimum atomic E-state index is -4.57. The Morgan fingerprint density at radius 3 is 1.64 bits per heavy atom. The predicted molar refractivity (Wildman–Crippen MR) is 217 cm³/mol. The largest absolute Gasteiger partial charge is 0.416 e. The van der Waals surface area contributed by atoms with Crippen molar-refractivity contribution in [1.82, 2.24) is 19.5 Å². The Labute approximate surface area is 320 Å². The number of aromatic nitrogens is 4. The highest BCUT2D eigenvalue weighted by Crippen LogP contribution is 2.45. The number of fused-ring (bicyclic) bond motifs is 3. The van der Waals surface area contributed by atoms with Gasteiger partial charge in [0.05, 0.1) is 28.9 Å². The Morgan fingerprint density at radius 1 is 0.500 bits per heavy atom. The third kappa shape index (κ3) is 6.25. The topological polar surface area (TPSA) is 48.0 Å². The molecule has 0 amide bonds. The van der Waals surface area contributed by atoms with E-state index < -0.39 is 11.7 Å². The molecule has 2 aromatic heterocycles. The van der Waals surface area contributed by atoms with Crippen molar-refractivity contribution >= 4 is 27.5 Å². The first-order valence-electron chi connectivity index (χ1n) is 18.0. The van der Waals surface area contributed by atoms with Crippen LogP contribution in [-0.2, 0) is 6.18 Å². The van der Waals surface area contributed by atoms with Gasteiger partial charge in [0.15, 0.2) is 23.2 Å². The van der Waals surface area contributed by atoms with Crippen LogP contribution in [0.2, 0.25) is 0 Å². The molecule has 0 aliphatic rings. The molecular weight excluding hydrogens is 704 g/mol. The van der Waals surface area contributed by atoms with Crippen LogP contribution >= 0.6 is 0 Å². The molecule has 8 heteroatoms. The van der Waals surface area contributed by atoms with E-state index in [1.165, 1.54) is 12.1 Å². The smallest absolute Gasteiger partial charge is 0.308 e. The fraction of sp³-hybridized carbons (Fsp3) is 0.0417. The quantitative estimate of drug-likeness (QED) is 0.160. The number of hydrogen-bond acceptors (Lipinski definition) is 3. The summed E-state index contributed by atoms with van der Waals surface area (Å²) in [5.41, 5.74) is 7.82. The maximum atomic E-state index is 14.4. The van der Waals surface area contributed by atoms with Gasteiger partial charge in [-0.1, -0.05) is 127 Å². The SMILES string of the molecule is [C-]#[N+]c1ccc2c(c1)c1ccccc1n2-c1c(-c2cccc(C)c2)cc(-c2nc(-c3ccccc3)nc(-c3ccccc3)n2)cc1-c1cccc(C(F)(F)F)c1. The maximum absolute atomic E-state index is 14.4. The van der Waals surface area contributed by atoms with Gasteiger partial charge in [-0.2, -0.15) is 13.2 Å². The van der Waals surface area contributed by atoms with Gasteiger partial charge in [0.25, 0.3) is 0 Å². The Bertz CT molecular complexity index is 2920. The van der Waals surface area contributed by atoms with Crippen LogP contribution in [0.25, 0.3) is 88.8 Å². The summed E-state index contributed by atoms with van der Waals surface area (Å²) in [5, 5.41) is 1.78. The van der Waals surface area contributed by atoms with Crippen molar-refractivity contribution in [2.24, 2.45) is 0 Å². The molecule has 0 atom stereocenters. The van der Waals surface area contributed by atoms with Gasteiger partial charge in [0.2, 0.25) is 0 Å². The lowest BCUT2D eigenvalue weighted by Gasteiger charge is -2.22. The Balaban J connectivity index is 1.43. The second kappa shape index (κ2) is 13.8. The molecule has 0 bridgehead atoms. The summed E-state index contributed by atoms with van der Waals surface area (Å²) in [5.74, 6) is 1.30. The summed E-state index contributed by atoms with van der Waals surface area (Å²) < 4.78 is 45.4. The standard InChI is InChI=1S/C48H30F3N5/c1-30-13-11-18-33(25-30)39-27-35(47-54-45(31-14-5-3-6-15-31)53-46(55-47)32-16-7-4-8-17-32)28-40(34-19-12-20-36(26-34)48(49,50)51)44(39)56-42-22-10-9-21-38(42)41-29-37(52-2)23-24-43(41)56/h3-29H,1H3. The first-order chi connectivity index (χ1) is 27.2. The number of rotatable bonds is 6.